The third-order valence-electron chi connectivity index (χ3n) is 3.77. The number of halogens is 1. The van der Waals surface area contributed by atoms with Crippen LogP contribution in [0, 0.1) is 0 Å². The number of nitrogens with one attached hydrogen (secondary N) is 1. The van der Waals surface area contributed by atoms with E-state index in [0.29, 0.717) is 16.3 Å². The van der Waals surface area contributed by atoms with Crippen molar-refractivity contribution < 1.29 is 24.5 Å². The van der Waals surface area contributed by atoms with Crippen LogP contribution in [0.1, 0.15) is 12.5 Å². The predicted octanol–water partition coefficient (Wildman–Crippen LogP) is 2.14. The van der Waals surface area contributed by atoms with Gasteiger partial charge in [0.2, 0.25) is 0 Å². The van der Waals surface area contributed by atoms with E-state index >= 15 is 0 Å². The van der Waals surface area contributed by atoms with Gasteiger partial charge in [0.25, 0.3) is 0 Å². The van der Waals surface area contributed by atoms with Crippen molar-refractivity contribution in [2.24, 2.45) is 5.84 Å². The van der Waals surface area contributed by atoms with Gasteiger partial charge in [0.15, 0.2) is 11.5 Å². The van der Waals surface area contributed by atoms with Gasteiger partial charge in [0.05, 0.1) is 0 Å². The van der Waals surface area contributed by atoms with Gasteiger partial charge in [-0.3, -0.25) is 5.84 Å². The molecular formula is C18H21ClN2O5. The van der Waals surface area contributed by atoms with Crippen LogP contribution in [0.5, 0.6) is 17.2 Å². The normalized spacial score (nSPS) is 13.0. The minimum Gasteiger partial charge on any atom is -0.504 e. The maximum absolute atomic E-state index is 12.4. The molecule has 140 valence electrons. The van der Waals surface area contributed by atoms with Crippen molar-refractivity contribution >= 4 is 17.6 Å². The topological polar surface area (TPSA) is 114 Å². The van der Waals surface area contributed by atoms with Crippen molar-refractivity contribution in [2.75, 3.05) is 13.2 Å². The second-order valence-electron chi connectivity index (χ2n) is 5.91. The first-order chi connectivity index (χ1) is 12.3. The number of hydrazine groups is 1. The summed E-state index contributed by atoms with van der Waals surface area (Å²) in [4.78, 5) is 12.4. The number of carbonyl (C=O) groups is 1. The van der Waals surface area contributed by atoms with Crippen molar-refractivity contribution in [3.8, 4) is 17.2 Å². The minimum atomic E-state index is -1.20. The molecule has 5 N–H and O–H groups in total. The SMILES string of the molecule is C[C@@](Cc1ccc(O)c(O)c1)(NN)C(=O)OCCOc1ccc(Cl)cc1. The maximum Gasteiger partial charge on any atom is 0.327 e. The fourth-order valence-corrected chi connectivity index (χ4v) is 2.38. The highest BCUT2D eigenvalue weighted by molar-refractivity contribution is 6.30. The number of phenolic OH excluding ortho intramolecular Hbond substituents is 2. The maximum atomic E-state index is 12.4. The molecule has 0 aromatic heterocycles. The Morgan fingerprint density at radius 3 is 2.46 bits per heavy atom. The van der Waals surface area contributed by atoms with Crippen molar-refractivity contribution in [1.29, 1.82) is 0 Å². The number of carbonyl (C=O) groups excluding carboxylic acids is 1. The molecule has 0 aliphatic carbocycles. The molecule has 2 aromatic carbocycles. The Hall–Kier alpha value is -2.48. The smallest absolute Gasteiger partial charge is 0.327 e. The number of esters is 1. The van der Waals surface area contributed by atoms with E-state index in [1.165, 1.54) is 12.1 Å². The van der Waals surface area contributed by atoms with Gasteiger partial charge in [-0.1, -0.05) is 17.7 Å². The number of nitrogens with two attached hydrogens (primary N) is 1. The Morgan fingerprint density at radius 1 is 1.15 bits per heavy atom. The van der Waals surface area contributed by atoms with Gasteiger partial charge >= 0.3 is 5.97 Å². The number of rotatable bonds is 8. The molecule has 0 saturated heterocycles. The summed E-state index contributed by atoms with van der Waals surface area (Å²) in [6.07, 6.45) is 0.161. The number of hydrogen-bond acceptors (Lipinski definition) is 7. The predicted molar refractivity (Wildman–Crippen MR) is 97.1 cm³/mol. The number of benzene rings is 2. The summed E-state index contributed by atoms with van der Waals surface area (Å²) in [5.41, 5.74) is 1.85. The van der Waals surface area contributed by atoms with Crippen molar-refractivity contribution in [2.45, 2.75) is 18.9 Å². The van der Waals surface area contributed by atoms with Gasteiger partial charge in [0.1, 0.15) is 24.5 Å². The third-order valence-corrected chi connectivity index (χ3v) is 4.02. The van der Waals surface area contributed by atoms with Crippen LogP contribution in [0.2, 0.25) is 5.02 Å². The van der Waals surface area contributed by atoms with Gasteiger partial charge in [-0.15, -0.1) is 0 Å². The highest BCUT2D eigenvalue weighted by atomic mass is 35.5. The lowest BCUT2D eigenvalue weighted by Gasteiger charge is -2.26. The van der Waals surface area contributed by atoms with Crippen molar-refractivity contribution in [3.05, 3.63) is 53.1 Å². The summed E-state index contributed by atoms with van der Waals surface area (Å²) in [5.74, 6) is 5.07. The molecule has 8 heteroatoms. The van der Waals surface area contributed by atoms with Crippen LogP contribution >= 0.6 is 11.6 Å². The Balaban J connectivity index is 1.87. The van der Waals surface area contributed by atoms with Gasteiger partial charge < -0.3 is 19.7 Å². The van der Waals surface area contributed by atoms with Gasteiger partial charge in [-0.25, -0.2) is 10.2 Å². The number of hydrogen-bond donors (Lipinski definition) is 4. The van der Waals surface area contributed by atoms with E-state index in [1.54, 1.807) is 37.3 Å². The van der Waals surface area contributed by atoms with Crippen LogP contribution in [-0.2, 0) is 16.0 Å². The zero-order valence-corrected chi connectivity index (χ0v) is 15.0. The summed E-state index contributed by atoms with van der Waals surface area (Å²) < 4.78 is 10.7. The Kier molecular flexibility index (Phi) is 6.68. The van der Waals surface area contributed by atoms with Gasteiger partial charge in [-0.2, -0.15) is 0 Å². The summed E-state index contributed by atoms with van der Waals surface area (Å²) >= 11 is 5.79. The van der Waals surface area contributed by atoms with E-state index in [-0.39, 0.29) is 31.1 Å². The summed E-state index contributed by atoms with van der Waals surface area (Å²) in [5, 5.41) is 19.5. The fourth-order valence-electron chi connectivity index (χ4n) is 2.25. The minimum absolute atomic E-state index is 0.0412. The molecule has 0 saturated carbocycles. The second kappa shape index (κ2) is 8.75. The molecule has 0 heterocycles. The quantitative estimate of drug-likeness (QED) is 0.182. The Labute approximate surface area is 156 Å². The molecule has 0 radical (unpaired) electrons. The van der Waals surface area contributed by atoms with Crippen LogP contribution in [0.15, 0.2) is 42.5 Å². The molecule has 0 amide bonds. The molecule has 2 aromatic rings. The lowest BCUT2D eigenvalue weighted by atomic mass is 9.93. The highest BCUT2D eigenvalue weighted by Crippen LogP contribution is 2.27. The van der Waals surface area contributed by atoms with Gasteiger partial charge in [0, 0.05) is 11.4 Å². The zero-order valence-electron chi connectivity index (χ0n) is 14.2. The van der Waals surface area contributed by atoms with Crippen molar-refractivity contribution in [3.63, 3.8) is 0 Å². The first kappa shape index (κ1) is 19.8. The molecule has 1 atom stereocenters. The third kappa shape index (κ3) is 5.26. The van der Waals surface area contributed by atoms with E-state index in [0.717, 1.165) is 0 Å². The first-order valence-corrected chi connectivity index (χ1v) is 8.26. The molecule has 2 rings (SSSR count). The Morgan fingerprint density at radius 2 is 1.85 bits per heavy atom. The fraction of sp³-hybridized carbons (Fsp3) is 0.278. The van der Waals surface area contributed by atoms with E-state index in [2.05, 4.69) is 5.43 Å². The van der Waals surface area contributed by atoms with Crippen LogP contribution in [0.4, 0.5) is 0 Å². The van der Waals surface area contributed by atoms with Gasteiger partial charge in [-0.05, 0) is 48.9 Å². The molecule has 0 aliphatic heterocycles. The van der Waals surface area contributed by atoms with Crippen LogP contribution in [0.25, 0.3) is 0 Å². The number of aromatic hydroxyl groups is 2. The second-order valence-corrected chi connectivity index (χ2v) is 6.35. The molecule has 0 bridgehead atoms. The standard InChI is InChI=1S/C18H21ClN2O5/c1-18(21-20,11-12-2-7-15(22)16(23)10-12)17(24)26-9-8-25-14-5-3-13(19)4-6-14/h2-7,10,21-23H,8-9,11,20H2,1H3/t18-/m0/s1. The summed E-state index contributed by atoms with van der Waals surface area (Å²) in [6.45, 7) is 1.80. The first-order valence-electron chi connectivity index (χ1n) is 7.88. The van der Waals surface area contributed by atoms with E-state index in [1.807, 2.05) is 0 Å². The molecule has 0 spiro atoms. The van der Waals surface area contributed by atoms with Crippen LogP contribution < -0.4 is 16.0 Å². The molecular weight excluding hydrogens is 360 g/mol. The van der Waals surface area contributed by atoms with Crippen LogP contribution in [0.3, 0.4) is 0 Å². The summed E-state index contributed by atoms with van der Waals surface area (Å²) in [6, 6.07) is 11.1. The highest BCUT2D eigenvalue weighted by Gasteiger charge is 2.34. The molecule has 0 unspecified atom stereocenters. The Bertz CT molecular complexity index is 754. The number of ether oxygens (including phenoxy) is 2. The monoisotopic (exact) mass is 380 g/mol. The van der Waals surface area contributed by atoms with Crippen LogP contribution in [-0.4, -0.2) is 34.9 Å². The lowest BCUT2D eigenvalue weighted by Crippen LogP contribution is -2.55. The average molecular weight is 381 g/mol. The number of phenols is 2. The van der Waals surface area contributed by atoms with Crippen molar-refractivity contribution in [1.82, 2.24) is 5.43 Å². The molecule has 0 aliphatic rings. The molecule has 0 fully saturated rings. The largest absolute Gasteiger partial charge is 0.504 e. The average Bonchev–Trinajstić information content (AvgIpc) is 2.63. The lowest BCUT2D eigenvalue weighted by molar-refractivity contribution is -0.151. The molecule has 7 nitrogen and oxygen atoms in total. The van der Waals surface area contributed by atoms with E-state index in [4.69, 9.17) is 26.9 Å². The summed E-state index contributed by atoms with van der Waals surface area (Å²) in [7, 11) is 0. The zero-order chi connectivity index (χ0) is 19.2. The van der Waals surface area contributed by atoms with E-state index in [9.17, 15) is 15.0 Å². The van der Waals surface area contributed by atoms with E-state index < -0.39 is 11.5 Å². The molecule has 26 heavy (non-hydrogen) atoms.